The van der Waals surface area contributed by atoms with Crippen LogP contribution in [0.4, 0.5) is 0 Å². The molecule has 0 N–H and O–H groups in total. The highest BCUT2D eigenvalue weighted by Crippen LogP contribution is 2.25. The molecule has 72 valence electrons. The van der Waals surface area contributed by atoms with Crippen molar-refractivity contribution in [3.05, 3.63) is 45.3 Å². The lowest BCUT2D eigenvalue weighted by Crippen LogP contribution is -2.02. The number of benzene rings is 1. The van der Waals surface area contributed by atoms with Crippen molar-refractivity contribution in [1.29, 1.82) is 0 Å². The lowest BCUT2D eigenvalue weighted by atomic mass is 10.2. The first-order chi connectivity index (χ1) is 6.75. The summed E-state index contributed by atoms with van der Waals surface area (Å²) in [4.78, 5) is 11.0. The van der Waals surface area contributed by atoms with E-state index in [9.17, 15) is 10.1 Å². The molecule has 14 heavy (non-hydrogen) atoms. The van der Waals surface area contributed by atoms with Gasteiger partial charge in [0.15, 0.2) is 0 Å². The molecule has 1 aromatic heterocycles. The maximum absolute atomic E-state index is 10.2. The molecule has 0 atom stereocenters. The summed E-state index contributed by atoms with van der Waals surface area (Å²) >= 11 is 1.63. The van der Waals surface area contributed by atoms with E-state index in [0.29, 0.717) is 6.42 Å². The van der Waals surface area contributed by atoms with Crippen LogP contribution in [0.3, 0.4) is 0 Å². The smallest absolute Gasteiger partial charge is 0.208 e. The van der Waals surface area contributed by atoms with Crippen LogP contribution >= 0.6 is 11.3 Å². The average Bonchev–Trinajstić information content (AvgIpc) is 2.57. The van der Waals surface area contributed by atoms with Gasteiger partial charge in [-0.25, -0.2) is 0 Å². The first kappa shape index (κ1) is 9.15. The largest absolute Gasteiger partial charge is 0.265 e. The molecule has 0 bridgehead atoms. The fourth-order valence-corrected chi connectivity index (χ4v) is 2.41. The van der Waals surface area contributed by atoms with Crippen molar-refractivity contribution in [2.24, 2.45) is 0 Å². The number of thiophene rings is 1. The van der Waals surface area contributed by atoms with Gasteiger partial charge in [-0.2, -0.15) is 0 Å². The maximum atomic E-state index is 10.2. The van der Waals surface area contributed by atoms with Gasteiger partial charge < -0.3 is 0 Å². The van der Waals surface area contributed by atoms with Crippen molar-refractivity contribution in [3.8, 4) is 0 Å². The first-order valence-electron chi connectivity index (χ1n) is 4.35. The van der Waals surface area contributed by atoms with Crippen LogP contribution in [0.2, 0.25) is 0 Å². The van der Waals surface area contributed by atoms with Crippen molar-refractivity contribution >= 4 is 21.4 Å². The Kier molecular flexibility index (Phi) is 2.45. The molecular weight excluding hydrogens is 198 g/mol. The molecule has 0 aliphatic heterocycles. The Hall–Kier alpha value is -1.42. The van der Waals surface area contributed by atoms with Gasteiger partial charge in [0.2, 0.25) is 6.54 Å². The van der Waals surface area contributed by atoms with Crippen molar-refractivity contribution < 1.29 is 4.92 Å². The van der Waals surface area contributed by atoms with Crippen LogP contribution in [-0.4, -0.2) is 11.5 Å². The van der Waals surface area contributed by atoms with E-state index in [1.807, 2.05) is 30.3 Å². The second-order valence-electron chi connectivity index (χ2n) is 3.06. The predicted octanol–water partition coefficient (Wildman–Crippen LogP) is 2.72. The van der Waals surface area contributed by atoms with Crippen molar-refractivity contribution in [2.75, 3.05) is 6.54 Å². The van der Waals surface area contributed by atoms with Gasteiger partial charge in [0.1, 0.15) is 0 Å². The van der Waals surface area contributed by atoms with Gasteiger partial charge in [-0.3, -0.25) is 10.1 Å². The molecule has 0 radical (unpaired) electrons. The molecule has 0 fully saturated rings. The van der Waals surface area contributed by atoms with E-state index in [0.717, 1.165) is 4.88 Å². The van der Waals surface area contributed by atoms with Gasteiger partial charge in [0.05, 0.1) is 0 Å². The summed E-state index contributed by atoms with van der Waals surface area (Å²) < 4.78 is 1.20. The highest BCUT2D eigenvalue weighted by Gasteiger charge is 2.04. The molecule has 2 rings (SSSR count). The Morgan fingerprint density at radius 3 is 2.86 bits per heavy atom. The normalized spacial score (nSPS) is 10.6. The van der Waals surface area contributed by atoms with Crippen molar-refractivity contribution in [2.45, 2.75) is 6.42 Å². The zero-order valence-electron chi connectivity index (χ0n) is 7.47. The fourth-order valence-electron chi connectivity index (χ4n) is 1.36. The third kappa shape index (κ3) is 1.90. The van der Waals surface area contributed by atoms with Crippen LogP contribution in [-0.2, 0) is 6.42 Å². The molecule has 4 heteroatoms. The van der Waals surface area contributed by atoms with Crippen LogP contribution in [0.5, 0.6) is 0 Å². The SMILES string of the molecule is O=[N+]([O-])CCc1cc2ccccc2s1. The Bertz CT molecular complexity index is 431. The lowest BCUT2D eigenvalue weighted by molar-refractivity contribution is -0.479. The molecule has 0 unspecified atom stereocenters. The second-order valence-corrected chi connectivity index (χ2v) is 4.23. The number of hydrogen-bond acceptors (Lipinski definition) is 3. The standard InChI is InChI=1S/C10H9NO2S/c12-11(13)6-5-9-7-8-3-1-2-4-10(8)14-9/h1-4,7H,5-6H2. The summed E-state index contributed by atoms with van der Waals surface area (Å²) in [6, 6.07) is 10.1. The third-order valence-corrected chi connectivity index (χ3v) is 3.19. The Morgan fingerprint density at radius 2 is 2.14 bits per heavy atom. The Balaban J connectivity index is 2.22. The molecule has 0 amide bonds. The van der Waals surface area contributed by atoms with E-state index >= 15 is 0 Å². The summed E-state index contributed by atoms with van der Waals surface area (Å²) in [7, 11) is 0. The Morgan fingerprint density at radius 1 is 1.36 bits per heavy atom. The van der Waals surface area contributed by atoms with Crippen LogP contribution in [0.25, 0.3) is 10.1 Å². The average molecular weight is 207 g/mol. The van der Waals surface area contributed by atoms with E-state index in [-0.39, 0.29) is 11.5 Å². The van der Waals surface area contributed by atoms with Crippen LogP contribution in [0.1, 0.15) is 4.88 Å². The molecule has 0 saturated carbocycles. The minimum atomic E-state index is -0.273. The summed E-state index contributed by atoms with van der Waals surface area (Å²) in [5.74, 6) is 0. The molecule has 0 aliphatic rings. The molecular formula is C10H9NO2S. The molecule has 2 aromatic rings. The molecule has 1 heterocycles. The van der Waals surface area contributed by atoms with Crippen molar-refractivity contribution in [1.82, 2.24) is 0 Å². The van der Waals surface area contributed by atoms with Crippen LogP contribution in [0.15, 0.2) is 30.3 Å². The number of hydrogen-bond donors (Lipinski definition) is 0. The molecule has 3 nitrogen and oxygen atoms in total. The van der Waals surface area contributed by atoms with Gasteiger partial charge in [0, 0.05) is 20.9 Å². The maximum Gasteiger partial charge on any atom is 0.208 e. The molecule has 1 aromatic carbocycles. The molecule has 0 saturated heterocycles. The number of nitrogens with zero attached hydrogens (tertiary/aromatic N) is 1. The minimum absolute atomic E-state index is 0.0207. The predicted molar refractivity (Wildman–Crippen MR) is 57.4 cm³/mol. The summed E-state index contributed by atoms with van der Waals surface area (Å²) in [6.07, 6.45) is 0.534. The topological polar surface area (TPSA) is 43.1 Å². The first-order valence-corrected chi connectivity index (χ1v) is 5.16. The van der Waals surface area contributed by atoms with Gasteiger partial charge in [-0.15, -0.1) is 11.3 Å². The van der Waals surface area contributed by atoms with Crippen LogP contribution < -0.4 is 0 Å². The minimum Gasteiger partial charge on any atom is -0.265 e. The number of nitro groups is 1. The second kappa shape index (κ2) is 3.75. The third-order valence-electron chi connectivity index (χ3n) is 2.02. The summed E-state index contributed by atoms with van der Waals surface area (Å²) in [6.45, 7) is 0.0207. The molecule has 0 aliphatic carbocycles. The highest BCUT2D eigenvalue weighted by molar-refractivity contribution is 7.19. The highest BCUT2D eigenvalue weighted by atomic mass is 32.1. The van der Waals surface area contributed by atoms with Crippen molar-refractivity contribution in [3.63, 3.8) is 0 Å². The lowest BCUT2D eigenvalue weighted by Gasteiger charge is -1.88. The van der Waals surface area contributed by atoms with E-state index in [1.54, 1.807) is 11.3 Å². The quantitative estimate of drug-likeness (QED) is 0.573. The Labute approximate surface area is 85.1 Å². The fraction of sp³-hybridized carbons (Fsp3) is 0.200. The summed E-state index contributed by atoms with van der Waals surface area (Å²) in [5.41, 5.74) is 0. The number of rotatable bonds is 3. The summed E-state index contributed by atoms with van der Waals surface area (Å²) in [5, 5.41) is 11.4. The van der Waals surface area contributed by atoms with E-state index in [2.05, 4.69) is 0 Å². The number of fused-ring (bicyclic) bond motifs is 1. The van der Waals surface area contributed by atoms with E-state index in [1.165, 1.54) is 10.1 Å². The monoisotopic (exact) mass is 207 g/mol. The van der Waals surface area contributed by atoms with E-state index in [4.69, 9.17) is 0 Å². The van der Waals surface area contributed by atoms with Gasteiger partial charge >= 0.3 is 0 Å². The molecule has 0 spiro atoms. The van der Waals surface area contributed by atoms with Gasteiger partial charge in [-0.1, -0.05) is 18.2 Å². The zero-order chi connectivity index (χ0) is 9.97. The van der Waals surface area contributed by atoms with Gasteiger partial charge in [0.25, 0.3) is 0 Å². The zero-order valence-corrected chi connectivity index (χ0v) is 8.29. The van der Waals surface area contributed by atoms with E-state index < -0.39 is 0 Å². The van der Waals surface area contributed by atoms with Gasteiger partial charge in [-0.05, 0) is 17.5 Å². The van der Waals surface area contributed by atoms with Crippen LogP contribution in [0, 0.1) is 10.1 Å².